The van der Waals surface area contributed by atoms with Gasteiger partial charge < -0.3 is 10.0 Å². The average molecular weight is 279 g/mol. The average Bonchev–Trinajstić information content (AvgIpc) is 2.64. The molecule has 0 fully saturated rings. The molecule has 0 atom stereocenters. The number of rotatable bonds is 6. The quantitative estimate of drug-likeness (QED) is 0.641. The van der Waals surface area contributed by atoms with Crippen molar-refractivity contribution in [2.45, 2.75) is 32.6 Å². The van der Waals surface area contributed by atoms with Crippen molar-refractivity contribution in [3.05, 3.63) is 29.1 Å². The van der Waals surface area contributed by atoms with E-state index in [0.717, 1.165) is 31.7 Å². The second-order valence-corrected chi connectivity index (χ2v) is 5.04. The highest BCUT2D eigenvalue weighted by atomic mass is 19.1. The Bertz CT molecular complexity index is 542. The zero-order valence-electron chi connectivity index (χ0n) is 11.5. The second kappa shape index (κ2) is 6.13. The summed E-state index contributed by atoms with van der Waals surface area (Å²) < 4.78 is 13.3. The van der Waals surface area contributed by atoms with Crippen molar-refractivity contribution in [1.29, 1.82) is 0 Å². The van der Waals surface area contributed by atoms with E-state index in [1.807, 2.05) is 0 Å². The third-order valence-electron chi connectivity index (χ3n) is 3.51. The summed E-state index contributed by atoms with van der Waals surface area (Å²) in [5, 5.41) is 8.70. The largest absolute Gasteiger partial charge is 0.396 e. The van der Waals surface area contributed by atoms with E-state index in [1.165, 1.54) is 11.0 Å². The van der Waals surface area contributed by atoms with Crippen molar-refractivity contribution in [3.8, 4) is 0 Å². The summed E-state index contributed by atoms with van der Waals surface area (Å²) >= 11 is 0. The topological polar surface area (TPSA) is 57.6 Å². The molecule has 0 saturated carbocycles. The Labute approximate surface area is 117 Å². The van der Waals surface area contributed by atoms with E-state index in [0.29, 0.717) is 17.8 Å². The second-order valence-electron chi connectivity index (χ2n) is 5.04. The number of carbonyl (C=O) groups excluding carboxylic acids is 2. The number of hydrogen-bond acceptors (Lipinski definition) is 3. The first-order valence-electron chi connectivity index (χ1n) is 6.83. The number of halogens is 1. The van der Waals surface area contributed by atoms with Crippen LogP contribution in [0, 0.1) is 12.7 Å². The number of unbranched alkanes of at least 4 members (excludes halogenated alkanes) is 3. The van der Waals surface area contributed by atoms with Gasteiger partial charge in [0.15, 0.2) is 0 Å². The molecular formula is C15H18FNO3. The van der Waals surface area contributed by atoms with E-state index in [1.54, 1.807) is 6.92 Å². The van der Waals surface area contributed by atoms with Crippen LogP contribution >= 0.6 is 0 Å². The predicted octanol–water partition coefficient (Wildman–Crippen LogP) is 2.22. The number of aliphatic hydroxyl groups is 1. The number of carbonyl (C=O) groups is 2. The molecule has 0 saturated heterocycles. The van der Waals surface area contributed by atoms with Crippen molar-refractivity contribution in [1.82, 2.24) is 0 Å². The Morgan fingerprint density at radius 1 is 1.15 bits per heavy atom. The number of Topliss-reactive ketones (excluding diaryl/α,β-unsaturated/α-hetero) is 1. The highest BCUT2D eigenvalue weighted by Crippen LogP contribution is 2.33. The van der Waals surface area contributed by atoms with Crippen LogP contribution in [-0.2, 0) is 4.79 Å². The first-order valence-corrected chi connectivity index (χ1v) is 6.83. The van der Waals surface area contributed by atoms with Crippen LogP contribution in [-0.4, -0.2) is 29.9 Å². The van der Waals surface area contributed by atoms with Gasteiger partial charge in [-0.1, -0.05) is 12.8 Å². The number of benzene rings is 1. The molecule has 1 N–H and O–H groups in total. The number of anilines is 1. The van der Waals surface area contributed by atoms with Crippen molar-refractivity contribution in [3.63, 3.8) is 0 Å². The van der Waals surface area contributed by atoms with Gasteiger partial charge in [0.1, 0.15) is 5.82 Å². The number of ketones is 1. The van der Waals surface area contributed by atoms with Crippen LogP contribution < -0.4 is 4.90 Å². The van der Waals surface area contributed by atoms with Gasteiger partial charge in [-0.05, 0) is 37.5 Å². The molecule has 4 nitrogen and oxygen atoms in total. The van der Waals surface area contributed by atoms with Crippen LogP contribution in [0.5, 0.6) is 0 Å². The van der Waals surface area contributed by atoms with Crippen LogP contribution in [0.4, 0.5) is 10.1 Å². The highest BCUT2D eigenvalue weighted by Gasteiger charge is 2.36. The minimum atomic E-state index is -0.627. The van der Waals surface area contributed by atoms with Crippen LogP contribution in [0.25, 0.3) is 0 Å². The molecule has 20 heavy (non-hydrogen) atoms. The Hall–Kier alpha value is -1.75. The smallest absolute Gasteiger partial charge is 0.299 e. The van der Waals surface area contributed by atoms with Gasteiger partial charge in [0, 0.05) is 13.2 Å². The summed E-state index contributed by atoms with van der Waals surface area (Å²) in [5.74, 6) is -1.69. The number of aliphatic hydroxyl groups excluding tert-OH is 1. The maximum atomic E-state index is 13.3. The lowest BCUT2D eigenvalue weighted by molar-refractivity contribution is -0.114. The predicted molar refractivity (Wildman–Crippen MR) is 73.4 cm³/mol. The zero-order chi connectivity index (χ0) is 14.7. The maximum Gasteiger partial charge on any atom is 0.299 e. The Kier molecular flexibility index (Phi) is 4.49. The molecule has 0 unspecified atom stereocenters. The molecule has 5 heteroatoms. The molecule has 1 aromatic carbocycles. The summed E-state index contributed by atoms with van der Waals surface area (Å²) in [5.41, 5.74) is 1.32. The monoisotopic (exact) mass is 279 g/mol. The molecule has 1 aromatic rings. The lowest BCUT2D eigenvalue weighted by atomic mass is 10.1. The fourth-order valence-electron chi connectivity index (χ4n) is 2.55. The van der Waals surface area contributed by atoms with Gasteiger partial charge >= 0.3 is 0 Å². The summed E-state index contributed by atoms with van der Waals surface area (Å²) in [4.78, 5) is 25.3. The fourth-order valence-corrected chi connectivity index (χ4v) is 2.55. The van der Waals surface area contributed by atoms with Crippen LogP contribution in [0.3, 0.4) is 0 Å². The molecule has 0 bridgehead atoms. The third-order valence-corrected chi connectivity index (χ3v) is 3.51. The van der Waals surface area contributed by atoms with E-state index >= 15 is 0 Å². The van der Waals surface area contributed by atoms with Crippen molar-refractivity contribution >= 4 is 17.4 Å². The van der Waals surface area contributed by atoms with Gasteiger partial charge in [-0.15, -0.1) is 0 Å². The summed E-state index contributed by atoms with van der Waals surface area (Å²) in [6.45, 7) is 2.32. The Balaban J connectivity index is 2.12. The SMILES string of the molecule is Cc1cc(F)cc2c1N(CCCCCCO)C(=O)C2=O. The molecule has 0 aromatic heterocycles. The minimum Gasteiger partial charge on any atom is -0.396 e. The molecule has 0 radical (unpaired) electrons. The van der Waals surface area contributed by atoms with Crippen LogP contribution in [0.2, 0.25) is 0 Å². The van der Waals surface area contributed by atoms with Crippen LogP contribution in [0.1, 0.15) is 41.6 Å². The molecule has 1 heterocycles. The van der Waals surface area contributed by atoms with Gasteiger partial charge in [0.05, 0.1) is 11.3 Å². The Morgan fingerprint density at radius 2 is 1.85 bits per heavy atom. The fraction of sp³-hybridized carbons (Fsp3) is 0.467. The number of fused-ring (bicyclic) bond motifs is 1. The van der Waals surface area contributed by atoms with E-state index in [-0.39, 0.29) is 12.2 Å². The highest BCUT2D eigenvalue weighted by molar-refractivity contribution is 6.52. The zero-order valence-corrected chi connectivity index (χ0v) is 11.5. The van der Waals surface area contributed by atoms with Crippen molar-refractivity contribution in [2.24, 2.45) is 0 Å². The molecule has 0 spiro atoms. The molecule has 0 aliphatic carbocycles. The van der Waals surface area contributed by atoms with E-state index in [9.17, 15) is 14.0 Å². The third kappa shape index (κ3) is 2.72. The summed E-state index contributed by atoms with van der Waals surface area (Å²) in [6, 6.07) is 2.47. The molecular weight excluding hydrogens is 261 g/mol. The standard InChI is InChI=1S/C15H18FNO3/c1-10-8-11(16)9-12-13(10)17(15(20)14(12)19)6-4-2-3-5-7-18/h8-9,18H,2-7H2,1H3. The lowest BCUT2D eigenvalue weighted by Crippen LogP contribution is -2.31. The first kappa shape index (κ1) is 14.7. The van der Waals surface area contributed by atoms with Gasteiger partial charge in [0.25, 0.3) is 11.7 Å². The summed E-state index contributed by atoms with van der Waals surface area (Å²) in [6.07, 6.45) is 3.28. The van der Waals surface area contributed by atoms with E-state index in [4.69, 9.17) is 5.11 Å². The van der Waals surface area contributed by atoms with Crippen LogP contribution in [0.15, 0.2) is 12.1 Å². The van der Waals surface area contributed by atoms with Gasteiger partial charge in [-0.25, -0.2) is 4.39 Å². The minimum absolute atomic E-state index is 0.169. The van der Waals surface area contributed by atoms with E-state index < -0.39 is 17.5 Å². The molecule has 1 amide bonds. The Morgan fingerprint density at radius 3 is 2.55 bits per heavy atom. The van der Waals surface area contributed by atoms with Gasteiger partial charge in [-0.3, -0.25) is 9.59 Å². The van der Waals surface area contributed by atoms with Gasteiger partial charge in [0.2, 0.25) is 0 Å². The summed E-state index contributed by atoms with van der Waals surface area (Å²) in [7, 11) is 0. The molecule has 1 aliphatic rings. The number of hydrogen-bond donors (Lipinski definition) is 1. The van der Waals surface area contributed by atoms with Crippen molar-refractivity contribution < 1.29 is 19.1 Å². The van der Waals surface area contributed by atoms with E-state index in [2.05, 4.69) is 0 Å². The molecule has 1 aliphatic heterocycles. The maximum absolute atomic E-state index is 13.3. The molecule has 2 rings (SSSR count). The lowest BCUT2D eigenvalue weighted by Gasteiger charge is -2.18. The number of aryl methyl sites for hydroxylation is 1. The number of amides is 1. The van der Waals surface area contributed by atoms with Gasteiger partial charge in [-0.2, -0.15) is 0 Å². The number of nitrogens with zero attached hydrogens (tertiary/aromatic N) is 1. The van der Waals surface area contributed by atoms with Crippen molar-refractivity contribution in [2.75, 3.05) is 18.1 Å². The first-order chi connectivity index (χ1) is 9.56. The normalized spacial score (nSPS) is 14.1. The molecule has 108 valence electrons.